The summed E-state index contributed by atoms with van der Waals surface area (Å²) < 4.78 is 0. The molecule has 2 aliphatic rings. The zero-order chi connectivity index (χ0) is 22.1. The highest BCUT2D eigenvalue weighted by molar-refractivity contribution is 6.04. The van der Waals surface area contributed by atoms with Crippen LogP contribution < -0.4 is 21.1 Å². The number of carbonyl (C=O) groups excluding carboxylic acids is 2. The molecule has 3 N–H and O–H groups in total. The molecule has 2 aliphatic heterocycles. The summed E-state index contributed by atoms with van der Waals surface area (Å²) in [5, 5.41) is 5.52. The van der Waals surface area contributed by atoms with Crippen molar-refractivity contribution in [2.24, 2.45) is 5.92 Å². The minimum absolute atomic E-state index is 0.0895. The molecule has 31 heavy (non-hydrogen) atoms. The maximum atomic E-state index is 13.0. The van der Waals surface area contributed by atoms with Crippen molar-refractivity contribution in [3.8, 4) is 0 Å². The highest BCUT2D eigenvalue weighted by Crippen LogP contribution is 2.31. The van der Waals surface area contributed by atoms with E-state index in [0.717, 1.165) is 25.9 Å². The molecule has 4 rings (SSSR count). The molecular weight excluding hydrogens is 394 g/mol. The Hall–Kier alpha value is -3.16. The first-order valence-corrected chi connectivity index (χ1v) is 10.9. The maximum Gasteiger partial charge on any atom is 0.258 e. The topological polar surface area (TPSA) is 107 Å². The second-order valence-electron chi connectivity index (χ2n) is 8.92. The number of fused-ring (bicyclic) bond motifs is 1. The SMILES string of the molecule is CC(C)c1ccc(NC(=O)[C@H]2CC(=O)Nc3nc(N4CCC[C@H](C)C4)[nH]c(=O)c32)cc1. The quantitative estimate of drug-likeness (QED) is 0.700. The summed E-state index contributed by atoms with van der Waals surface area (Å²) in [7, 11) is 0. The molecule has 8 nitrogen and oxygen atoms in total. The molecule has 2 aromatic rings. The number of hydrogen-bond acceptors (Lipinski definition) is 5. The zero-order valence-corrected chi connectivity index (χ0v) is 18.2. The van der Waals surface area contributed by atoms with Gasteiger partial charge in [-0.05, 0) is 42.4 Å². The van der Waals surface area contributed by atoms with Gasteiger partial charge in [0.05, 0.1) is 11.5 Å². The molecule has 2 atom stereocenters. The number of rotatable bonds is 4. The molecule has 0 bridgehead atoms. The van der Waals surface area contributed by atoms with Crippen LogP contribution in [0.1, 0.15) is 63.0 Å². The van der Waals surface area contributed by atoms with Crippen LogP contribution in [0.5, 0.6) is 0 Å². The number of piperidine rings is 1. The standard InChI is InChI=1S/C23H29N5O3/c1-13(2)15-6-8-16(9-7-15)24-21(30)17-11-18(29)25-20-19(17)22(31)27-23(26-20)28-10-4-5-14(3)12-28/h6-9,13-14,17H,4-5,10-12H2,1-3H3,(H,24,30)(H2,25,26,27,29,31)/t14-,17-/m0/s1. The minimum Gasteiger partial charge on any atom is -0.342 e. The van der Waals surface area contributed by atoms with Gasteiger partial charge in [-0.1, -0.05) is 32.9 Å². The van der Waals surface area contributed by atoms with E-state index in [1.165, 1.54) is 5.56 Å². The van der Waals surface area contributed by atoms with Gasteiger partial charge in [0.25, 0.3) is 5.56 Å². The van der Waals surface area contributed by atoms with E-state index in [9.17, 15) is 14.4 Å². The lowest BCUT2D eigenvalue weighted by atomic mass is 9.92. The fraction of sp³-hybridized carbons (Fsp3) is 0.478. The van der Waals surface area contributed by atoms with Crippen molar-refractivity contribution in [2.45, 2.75) is 51.9 Å². The Balaban J connectivity index is 1.60. The highest BCUT2D eigenvalue weighted by atomic mass is 16.2. The smallest absolute Gasteiger partial charge is 0.258 e. The van der Waals surface area contributed by atoms with Crippen LogP contribution in [-0.2, 0) is 9.59 Å². The van der Waals surface area contributed by atoms with E-state index in [2.05, 4.69) is 41.4 Å². The summed E-state index contributed by atoms with van der Waals surface area (Å²) in [6.07, 6.45) is 2.07. The summed E-state index contributed by atoms with van der Waals surface area (Å²) in [4.78, 5) is 47.6. The normalized spacial score (nSPS) is 20.9. The van der Waals surface area contributed by atoms with Crippen molar-refractivity contribution in [3.63, 3.8) is 0 Å². The molecule has 0 saturated carbocycles. The predicted octanol–water partition coefficient (Wildman–Crippen LogP) is 3.19. The summed E-state index contributed by atoms with van der Waals surface area (Å²) in [5.41, 5.74) is 1.63. The summed E-state index contributed by atoms with van der Waals surface area (Å²) in [6.45, 7) is 7.97. The third-order valence-electron chi connectivity index (χ3n) is 6.06. The lowest BCUT2D eigenvalue weighted by Crippen LogP contribution is -2.40. The van der Waals surface area contributed by atoms with E-state index in [0.29, 0.717) is 23.5 Å². The number of aromatic amines is 1. The fourth-order valence-electron chi connectivity index (χ4n) is 4.30. The van der Waals surface area contributed by atoms with Gasteiger partial charge >= 0.3 is 0 Å². The Morgan fingerprint density at radius 1 is 1.23 bits per heavy atom. The molecule has 0 radical (unpaired) electrons. The van der Waals surface area contributed by atoms with Crippen LogP contribution in [0.15, 0.2) is 29.1 Å². The Morgan fingerprint density at radius 2 is 1.97 bits per heavy atom. The molecule has 2 amide bonds. The summed E-state index contributed by atoms with van der Waals surface area (Å²) >= 11 is 0. The van der Waals surface area contributed by atoms with Gasteiger partial charge in [-0.25, -0.2) is 0 Å². The predicted molar refractivity (Wildman–Crippen MR) is 121 cm³/mol. The van der Waals surface area contributed by atoms with E-state index in [4.69, 9.17) is 0 Å². The van der Waals surface area contributed by atoms with Crippen molar-refractivity contribution < 1.29 is 9.59 Å². The third kappa shape index (κ3) is 4.47. The largest absolute Gasteiger partial charge is 0.342 e. The van der Waals surface area contributed by atoms with Crippen LogP contribution in [0.4, 0.5) is 17.5 Å². The van der Waals surface area contributed by atoms with Gasteiger partial charge in [-0.2, -0.15) is 4.98 Å². The average molecular weight is 424 g/mol. The lowest BCUT2D eigenvalue weighted by Gasteiger charge is -2.32. The molecular formula is C23H29N5O3. The van der Waals surface area contributed by atoms with Crippen molar-refractivity contribution in [1.29, 1.82) is 0 Å². The molecule has 0 unspecified atom stereocenters. The number of H-pyrrole nitrogens is 1. The van der Waals surface area contributed by atoms with E-state index < -0.39 is 5.92 Å². The summed E-state index contributed by atoms with van der Waals surface area (Å²) in [5.74, 6) is -0.0758. The number of carbonyl (C=O) groups is 2. The maximum absolute atomic E-state index is 13.0. The fourth-order valence-corrected chi connectivity index (χ4v) is 4.30. The van der Waals surface area contributed by atoms with Crippen LogP contribution in [-0.4, -0.2) is 34.9 Å². The number of nitrogens with one attached hydrogen (secondary N) is 3. The molecule has 8 heteroatoms. The van der Waals surface area contributed by atoms with E-state index in [1.54, 1.807) is 0 Å². The molecule has 0 spiro atoms. The summed E-state index contributed by atoms with van der Waals surface area (Å²) in [6, 6.07) is 7.59. The highest BCUT2D eigenvalue weighted by Gasteiger charge is 2.35. The lowest BCUT2D eigenvalue weighted by molar-refractivity contribution is -0.123. The second kappa shape index (κ2) is 8.53. The zero-order valence-electron chi connectivity index (χ0n) is 18.2. The number of benzene rings is 1. The number of amides is 2. The van der Waals surface area contributed by atoms with Gasteiger partial charge in [0.2, 0.25) is 17.8 Å². The van der Waals surface area contributed by atoms with E-state index in [-0.39, 0.29) is 35.2 Å². The average Bonchev–Trinajstić information content (AvgIpc) is 2.73. The molecule has 3 heterocycles. The van der Waals surface area contributed by atoms with Gasteiger partial charge in [0.15, 0.2) is 0 Å². The van der Waals surface area contributed by atoms with Crippen LogP contribution in [0.3, 0.4) is 0 Å². The molecule has 1 aromatic carbocycles. The van der Waals surface area contributed by atoms with Crippen LogP contribution in [0, 0.1) is 5.92 Å². The molecule has 0 aliphatic carbocycles. The molecule has 164 valence electrons. The molecule has 1 saturated heterocycles. The van der Waals surface area contributed by atoms with Gasteiger partial charge in [0.1, 0.15) is 5.82 Å². The van der Waals surface area contributed by atoms with Crippen LogP contribution in [0.25, 0.3) is 0 Å². The second-order valence-corrected chi connectivity index (χ2v) is 8.92. The number of nitrogens with zero attached hydrogens (tertiary/aromatic N) is 2. The third-order valence-corrected chi connectivity index (χ3v) is 6.06. The monoisotopic (exact) mass is 423 g/mol. The Morgan fingerprint density at radius 3 is 2.65 bits per heavy atom. The van der Waals surface area contributed by atoms with E-state index >= 15 is 0 Å². The van der Waals surface area contributed by atoms with E-state index in [1.807, 2.05) is 29.2 Å². The minimum atomic E-state index is -0.890. The van der Waals surface area contributed by atoms with Gasteiger partial charge in [-0.15, -0.1) is 0 Å². The Kier molecular flexibility index (Phi) is 5.80. The van der Waals surface area contributed by atoms with Crippen molar-refractivity contribution >= 4 is 29.3 Å². The van der Waals surface area contributed by atoms with Gasteiger partial charge in [-0.3, -0.25) is 19.4 Å². The first-order chi connectivity index (χ1) is 14.8. The van der Waals surface area contributed by atoms with Crippen molar-refractivity contribution in [1.82, 2.24) is 9.97 Å². The molecule has 1 aromatic heterocycles. The number of hydrogen-bond donors (Lipinski definition) is 3. The Bertz CT molecular complexity index is 1040. The molecule has 1 fully saturated rings. The number of aromatic nitrogens is 2. The van der Waals surface area contributed by atoms with Gasteiger partial charge < -0.3 is 15.5 Å². The number of anilines is 3. The van der Waals surface area contributed by atoms with Crippen molar-refractivity contribution in [3.05, 3.63) is 45.7 Å². The Labute approximate surface area is 181 Å². The van der Waals surface area contributed by atoms with Crippen LogP contribution in [0.2, 0.25) is 0 Å². The van der Waals surface area contributed by atoms with Gasteiger partial charge in [0, 0.05) is 25.2 Å². The first kappa shape index (κ1) is 21.1. The first-order valence-electron chi connectivity index (χ1n) is 10.9. The van der Waals surface area contributed by atoms with Crippen LogP contribution >= 0.6 is 0 Å². The van der Waals surface area contributed by atoms with Crippen molar-refractivity contribution in [2.75, 3.05) is 28.6 Å².